The molecule has 0 aliphatic carbocycles. The third kappa shape index (κ3) is 3.32. The molecule has 1 aliphatic heterocycles. The van der Waals surface area contributed by atoms with Crippen molar-refractivity contribution >= 4 is 22.6 Å². The molecule has 0 N–H and O–H groups in total. The van der Waals surface area contributed by atoms with Crippen molar-refractivity contribution in [3.05, 3.63) is 59.4 Å². The van der Waals surface area contributed by atoms with E-state index in [9.17, 15) is 4.79 Å². The van der Waals surface area contributed by atoms with Gasteiger partial charge in [-0.3, -0.25) is 4.79 Å². The first-order valence-corrected chi connectivity index (χ1v) is 10.3. The van der Waals surface area contributed by atoms with Crippen LogP contribution < -0.4 is 4.90 Å². The minimum Gasteiger partial charge on any atom is -0.327 e. The van der Waals surface area contributed by atoms with Crippen LogP contribution in [0.1, 0.15) is 49.6 Å². The van der Waals surface area contributed by atoms with Crippen LogP contribution in [0.2, 0.25) is 0 Å². The number of hydrogen-bond acceptors (Lipinski definition) is 2. The van der Waals surface area contributed by atoms with Gasteiger partial charge in [0.05, 0.1) is 11.0 Å². The van der Waals surface area contributed by atoms with Crippen molar-refractivity contribution in [1.29, 1.82) is 0 Å². The van der Waals surface area contributed by atoms with Crippen LogP contribution in [-0.2, 0) is 11.3 Å². The average molecular weight is 376 g/mol. The van der Waals surface area contributed by atoms with E-state index in [0.717, 1.165) is 30.0 Å². The lowest BCUT2D eigenvalue weighted by Gasteiger charge is -2.19. The van der Waals surface area contributed by atoms with Gasteiger partial charge in [0.15, 0.2) is 0 Å². The fraction of sp³-hybridized carbons (Fsp3) is 0.417. The van der Waals surface area contributed by atoms with Crippen LogP contribution in [0.5, 0.6) is 0 Å². The summed E-state index contributed by atoms with van der Waals surface area (Å²) in [6.07, 6.45) is 1.65. The molecule has 4 rings (SSSR count). The zero-order chi connectivity index (χ0) is 19.8. The van der Waals surface area contributed by atoms with Gasteiger partial charge in [-0.1, -0.05) is 38.5 Å². The number of amides is 1. The van der Waals surface area contributed by atoms with Crippen LogP contribution in [0.25, 0.3) is 11.0 Å². The van der Waals surface area contributed by atoms with Gasteiger partial charge in [0, 0.05) is 31.1 Å². The predicted molar refractivity (Wildman–Crippen MR) is 115 cm³/mol. The van der Waals surface area contributed by atoms with Crippen LogP contribution in [0.4, 0.5) is 5.69 Å². The highest BCUT2D eigenvalue weighted by atomic mass is 16.2. The number of aromatic nitrogens is 2. The maximum atomic E-state index is 12.8. The van der Waals surface area contributed by atoms with E-state index < -0.39 is 0 Å². The number of fused-ring (bicyclic) bond motifs is 1. The molecular weight excluding hydrogens is 346 g/mol. The van der Waals surface area contributed by atoms with Crippen molar-refractivity contribution in [3.8, 4) is 0 Å². The molecule has 2 aromatic carbocycles. The number of imidazole rings is 1. The minimum absolute atomic E-state index is 0.130. The van der Waals surface area contributed by atoms with Crippen LogP contribution in [0, 0.1) is 19.8 Å². The lowest BCUT2D eigenvalue weighted by atomic mass is 10.1. The number of aryl methyl sites for hydroxylation is 2. The Morgan fingerprint density at radius 1 is 1.14 bits per heavy atom. The maximum absolute atomic E-state index is 12.8. The van der Waals surface area contributed by atoms with Gasteiger partial charge in [-0.05, 0) is 55.2 Å². The van der Waals surface area contributed by atoms with Crippen molar-refractivity contribution in [3.63, 3.8) is 0 Å². The van der Waals surface area contributed by atoms with E-state index in [0.29, 0.717) is 18.9 Å². The molecule has 0 bridgehead atoms. The number of carbonyl (C=O) groups is 1. The highest BCUT2D eigenvalue weighted by Crippen LogP contribution is 2.34. The maximum Gasteiger partial charge on any atom is 0.227 e. The summed E-state index contributed by atoms with van der Waals surface area (Å²) in [5, 5.41) is 0. The molecular formula is C24H29N3O. The third-order valence-corrected chi connectivity index (χ3v) is 6.17. The zero-order valence-corrected chi connectivity index (χ0v) is 17.3. The molecule has 2 atom stereocenters. The van der Waals surface area contributed by atoms with Gasteiger partial charge in [-0.15, -0.1) is 0 Å². The first kappa shape index (κ1) is 18.7. The summed E-state index contributed by atoms with van der Waals surface area (Å²) >= 11 is 0. The van der Waals surface area contributed by atoms with Gasteiger partial charge >= 0.3 is 0 Å². The van der Waals surface area contributed by atoms with Gasteiger partial charge in [-0.25, -0.2) is 4.98 Å². The van der Waals surface area contributed by atoms with Crippen LogP contribution in [0.15, 0.2) is 42.5 Å². The summed E-state index contributed by atoms with van der Waals surface area (Å²) in [4.78, 5) is 19.7. The molecule has 0 radical (unpaired) electrons. The fourth-order valence-electron chi connectivity index (χ4n) is 4.06. The van der Waals surface area contributed by atoms with Crippen molar-refractivity contribution in [2.45, 2.75) is 53.0 Å². The Morgan fingerprint density at radius 2 is 1.93 bits per heavy atom. The SMILES string of the molecule is CCC(C)Cn1c(C2CC(=O)N(c3ccc(C)c(C)c3)C2)nc2ccccc21. The molecule has 1 saturated heterocycles. The number of benzene rings is 2. The number of anilines is 1. The number of rotatable bonds is 5. The number of nitrogens with zero attached hydrogens (tertiary/aromatic N) is 3. The van der Waals surface area contributed by atoms with E-state index in [1.54, 1.807) is 0 Å². The first-order valence-electron chi connectivity index (χ1n) is 10.3. The molecule has 0 spiro atoms. The van der Waals surface area contributed by atoms with E-state index in [1.807, 2.05) is 11.0 Å². The largest absolute Gasteiger partial charge is 0.327 e. The molecule has 1 amide bonds. The Balaban J connectivity index is 1.69. The molecule has 2 unspecified atom stereocenters. The van der Waals surface area contributed by atoms with E-state index in [1.165, 1.54) is 16.6 Å². The Kier molecular flexibility index (Phi) is 4.96. The van der Waals surface area contributed by atoms with Crippen LogP contribution >= 0.6 is 0 Å². The normalized spacial score (nSPS) is 18.2. The summed E-state index contributed by atoms with van der Waals surface area (Å²) in [6, 6.07) is 14.6. The summed E-state index contributed by atoms with van der Waals surface area (Å²) in [6.45, 7) is 10.4. The highest BCUT2D eigenvalue weighted by Gasteiger charge is 2.35. The fourth-order valence-corrected chi connectivity index (χ4v) is 4.06. The van der Waals surface area contributed by atoms with Crippen LogP contribution in [-0.4, -0.2) is 22.0 Å². The molecule has 3 aromatic rings. The smallest absolute Gasteiger partial charge is 0.227 e. The van der Waals surface area contributed by atoms with Gasteiger partial charge in [0.25, 0.3) is 0 Å². The zero-order valence-electron chi connectivity index (χ0n) is 17.3. The molecule has 1 fully saturated rings. The molecule has 0 saturated carbocycles. The number of para-hydroxylation sites is 2. The van der Waals surface area contributed by atoms with Gasteiger partial charge in [0.2, 0.25) is 5.91 Å². The lowest BCUT2D eigenvalue weighted by molar-refractivity contribution is -0.117. The standard InChI is InChI=1S/C24H29N3O/c1-5-16(2)14-27-22-9-7-6-8-21(22)25-24(27)19-13-23(28)26(15-19)20-11-10-17(3)18(4)12-20/h6-12,16,19H,5,13-15H2,1-4H3. The molecule has 4 nitrogen and oxygen atoms in total. The van der Waals surface area contributed by atoms with Gasteiger partial charge in [-0.2, -0.15) is 0 Å². The lowest BCUT2D eigenvalue weighted by Crippen LogP contribution is -2.24. The summed E-state index contributed by atoms with van der Waals surface area (Å²) in [5.41, 5.74) is 5.67. The molecule has 1 aromatic heterocycles. The van der Waals surface area contributed by atoms with E-state index in [4.69, 9.17) is 4.98 Å². The third-order valence-electron chi connectivity index (χ3n) is 6.17. The summed E-state index contributed by atoms with van der Waals surface area (Å²) in [5.74, 6) is 1.95. The molecule has 1 aliphatic rings. The second-order valence-corrected chi connectivity index (χ2v) is 8.26. The molecule has 4 heteroatoms. The van der Waals surface area contributed by atoms with E-state index in [2.05, 4.69) is 68.7 Å². The Bertz CT molecular complexity index is 1020. The molecule has 28 heavy (non-hydrogen) atoms. The number of carbonyl (C=O) groups excluding carboxylic acids is 1. The first-order chi connectivity index (χ1) is 13.5. The minimum atomic E-state index is 0.130. The van der Waals surface area contributed by atoms with Crippen molar-refractivity contribution in [2.75, 3.05) is 11.4 Å². The molecule has 146 valence electrons. The molecule has 2 heterocycles. The van der Waals surface area contributed by atoms with E-state index >= 15 is 0 Å². The van der Waals surface area contributed by atoms with E-state index in [-0.39, 0.29) is 11.8 Å². The second-order valence-electron chi connectivity index (χ2n) is 8.26. The second kappa shape index (κ2) is 7.42. The Labute approximate surface area is 167 Å². The summed E-state index contributed by atoms with van der Waals surface area (Å²) < 4.78 is 2.35. The quantitative estimate of drug-likeness (QED) is 0.613. The monoisotopic (exact) mass is 375 g/mol. The highest BCUT2D eigenvalue weighted by molar-refractivity contribution is 5.96. The van der Waals surface area contributed by atoms with Crippen LogP contribution in [0.3, 0.4) is 0 Å². The van der Waals surface area contributed by atoms with Gasteiger partial charge < -0.3 is 9.47 Å². The van der Waals surface area contributed by atoms with Gasteiger partial charge in [0.1, 0.15) is 5.82 Å². The Hall–Kier alpha value is -2.62. The Morgan fingerprint density at radius 3 is 2.68 bits per heavy atom. The summed E-state index contributed by atoms with van der Waals surface area (Å²) in [7, 11) is 0. The van der Waals surface area contributed by atoms with Crippen molar-refractivity contribution in [2.24, 2.45) is 5.92 Å². The van der Waals surface area contributed by atoms with Crippen molar-refractivity contribution < 1.29 is 4.79 Å². The number of hydrogen-bond donors (Lipinski definition) is 0. The average Bonchev–Trinajstić information content (AvgIpc) is 3.25. The topological polar surface area (TPSA) is 38.1 Å². The van der Waals surface area contributed by atoms with Crippen molar-refractivity contribution in [1.82, 2.24) is 9.55 Å². The predicted octanol–water partition coefficient (Wildman–Crippen LogP) is 5.22.